The second-order valence-corrected chi connectivity index (χ2v) is 5.12. The zero-order valence-electron chi connectivity index (χ0n) is 11.3. The third-order valence-corrected chi connectivity index (χ3v) is 3.00. The molecule has 0 aliphatic carbocycles. The molecule has 0 aromatic heterocycles. The molecule has 3 nitrogen and oxygen atoms in total. The first kappa shape index (κ1) is 16.8. The predicted octanol–water partition coefficient (Wildman–Crippen LogP) is 3.72. The minimum absolute atomic E-state index is 0.185. The van der Waals surface area contributed by atoms with Crippen LogP contribution in [-0.2, 0) is 9.53 Å². The molecule has 0 fully saturated rings. The molecule has 1 aromatic rings. The van der Waals surface area contributed by atoms with Gasteiger partial charge in [0.25, 0.3) is 0 Å². The topological polar surface area (TPSA) is 38.3 Å². The summed E-state index contributed by atoms with van der Waals surface area (Å²) in [6, 6.07) is 5.17. The molecule has 20 heavy (non-hydrogen) atoms. The van der Waals surface area contributed by atoms with Crippen LogP contribution in [0.15, 0.2) is 36.4 Å². The molecule has 1 aromatic carbocycles. The fraction of sp³-hybridized carbons (Fsp3) is 0.267. The number of carbonyl (C=O) groups is 1. The highest BCUT2D eigenvalue weighted by atomic mass is 35.5. The van der Waals surface area contributed by atoms with Crippen molar-refractivity contribution >= 4 is 35.2 Å². The number of hydrogen-bond donors (Lipinski definition) is 1. The second kappa shape index (κ2) is 8.80. The third-order valence-electron chi connectivity index (χ3n) is 2.26. The lowest BCUT2D eigenvalue weighted by Gasteiger charge is -2.04. The summed E-state index contributed by atoms with van der Waals surface area (Å²) in [6.07, 6.45) is 3.12. The summed E-state index contributed by atoms with van der Waals surface area (Å²) in [5.74, 6) is -0.185. The number of amides is 1. The molecule has 108 valence electrons. The molecule has 5 heteroatoms. The van der Waals surface area contributed by atoms with Gasteiger partial charge in [0.05, 0.1) is 23.3 Å². The van der Waals surface area contributed by atoms with E-state index in [9.17, 15) is 4.79 Å². The van der Waals surface area contributed by atoms with E-state index in [4.69, 9.17) is 27.9 Å². The first-order chi connectivity index (χ1) is 9.49. The Morgan fingerprint density at radius 3 is 2.80 bits per heavy atom. The van der Waals surface area contributed by atoms with Crippen molar-refractivity contribution in [3.63, 3.8) is 0 Å². The first-order valence-corrected chi connectivity index (χ1v) is 6.87. The molecule has 0 unspecified atom stereocenters. The van der Waals surface area contributed by atoms with Gasteiger partial charge in [0.2, 0.25) is 5.91 Å². The van der Waals surface area contributed by atoms with Crippen molar-refractivity contribution in [1.82, 2.24) is 5.32 Å². The fourth-order valence-electron chi connectivity index (χ4n) is 1.34. The van der Waals surface area contributed by atoms with Gasteiger partial charge >= 0.3 is 0 Å². The summed E-state index contributed by atoms with van der Waals surface area (Å²) in [7, 11) is 0. The summed E-state index contributed by atoms with van der Waals surface area (Å²) in [6.45, 7) is 7.03. The van der Waals surface area contributed by atoms with Gasteiger partial charge in [-0.25, -0.2) is 0 Å². The van der Waals surface area contributed by atoms with Crippen LogP contribution in [0.1, 0.15) is 12.5 Å². The van der Waals surface area contributed by atoms with Crippen molar-refractivity contribution in [3.05, 3.63) is 52.0 Å². The highest BCUT2D eigenvalue weighted by Crippen LogP contribution is 2.22. The van der Waals surface area contributed by atoms with Crippen molar-refractivity contribution in [2.45, 2.75) is 6.92 Å². The van der Waals surface area contributed by atoms with E-state index in [-0.39, 0.29) is 5.91 Å². The van der Waals surface area contributed by atoms with Crippen molar-refractivity contribution in [2.75, 3.05) is 19.8 Å². The summed E-state index contributed by atoms with van der Waals surface area (Å²) in [5, 5.41) is 3.66. The van der Waals surface area contributed by atoms with Crippen molar-refractivity contribution < 1.29 is 9.53 Å². The molecule has 1 rings (SSSR count). The highest BCUT2D eigenvalue weighted by Gasteiger charge is 1.98. The van der Waals surface area contributed by atoms with E-state index in [0.717, 1.165) is 11.1 Å². The maximum Gasteiger partial charge on any atom is 0.244 e. The van der Waals surface area contributed by atoms with Gasteiger partial charge < -0.3 is 10.1 Å². The number of nitrogens with one attached hydrogen (secondary N) is 1. The predicted molar refractivity (Wildman–Crippen MR) is 84.1 cm³/mol. The molecule has 0 saturated carbocycles. The number of hydrogen-bond acceptors (Lipinski definition) is 2. The van der Waals surface area contributed by atoms with Gasteiger partial charge in [-0.05, 0) is 30.7 Å². The molecule has 0 aliphatic heterocycles. The number of halogens is 2. The standard InChI is InChI=1S/C15H17Cl2NO2/c1-11(2)10-20-8-7-18-15(19)6-4-12-3-5-13(16)14(17)9-12/h3-6,9H,1,7-8,10H2,2H3,(H,18,19)/b6-4+. The van der Waals surface area contributed by atoms with Crippen LogP contribution in [0.3, 0.4) is 0 Å². The minimum atomic E-state index is -0.185. The lowest BCUT2D eigenvalue weighted by Crippen LogP contribution is -2.25. The second-order valence-electron chi connectivity index (χ2n) is 4.31. The normalized spacial score (nSPS) is 10.8. The fourth-order valence-corrected chi connectivity index (χ4v) is 1.65. The summed E-state index contributed by atoms with van der Waals surface area (Å²) < 4.78 is 5.27. The molecular formula is C15H17Cl2NO2. The van der Waals surface area contributed by atoms with Gasteiger partial charge in [-0.15, -0.1) is 0 Å². The summed E-state index contributed by atoms with van der Waals surface area (Å²) in [4.78, 5) is 11.5. The zero-order valence-corrected chi connectivity index (χ0v) is 12.8. The maximum atomic E-state index is 11.5. The lowest BCUT2D eigenvalue weighted by molar-refractivity contribution is -0.116. The van der Waals surface area contributed by atoms with Crippen LogP contribution >= 0.6 is 23.2 Å². The van der Waals surface area contributed by atoms with E-state index >= 15 is 0 Å². The van der Waals surface area contributed by atoms with Crippen LogP contribution in [0, 0.1) is 0 Å². The van der Waals surface area contributed by atoms with E-state index in [1.807, 2.05) is 6.92 Å². The number of rotatable bonds is 7. The molecule has 0 spiro atoms. The van der Waals surface area contributed by atoms with Crippen molar-refractivity contribution in [1.29, 1.82) is 0 Å². The van der Waals surface area contributed by atoms with E-state index < -0.39 is 0 Å². The van der Waals surface area contributed by atoms with Gasteiger partial charge in [-0.3, -0.25) is 4.79 Å². The SMILES string of the molecule is C=C(C)COCCNC(=O)/C=C/c1ccc(Cl)c(Cl)c1. The van der Waals surface area contributed by atoms with Gasteiger partial charge in [-0.2, -0.15) is 0 Å². The zero-order chi connectivity index (χ0) is 15.0. The van der Waals surface area contributed by atoms with E-state index in [1.54, 1.807) is 24.3 Å². The van der Waals surface area contributed by atoms with Gasteiger partial charge in [0.15, 0.2) is 0 Å². The Morgan fingerprint density at radius 1 is 1.40 bits per heavy atom. The van der Waals surface area contributed by atoms with E-state index in [0.29, 0.717) is 29.8 Å². The van der Waals surface area contributed by atoms with E-state index in [1.165, 1.54) is 6.08 Å². The molecule has 0 aliphatic rings. The number of carbonyl (C=O) groups excluding carboxylic acids is 1. The van der Waals surface area contributed by atoms with Crippen molar-refractivity contribution in [3.8, 4) is 0 Å². The van der Waals surface area contributed by atoms with E-state index in [2.05, 4.69) is 11.9 Å². The molecule has 1 N–H and O–H groups in total. The molecule has 0 atom stereocenters. The Hall–Kier alpha value is -1.29. The van der Waals surface area contributed by atoms with Gasteiger partial charge in [0, 0.05) is 12.6 Å². The third kappa shape index (κ3) is 6.75. The number of ether oxygens (including phenoxy) is 1. The van der Waals surface area contributed by atoms with Crippen LogP contribution in [0.5, 0.6) is 0 Å². The quantitative estimate of drug-likeness (QED) is 0.473. The maximum absolute atomic E-state index is 11.5. The monoisotopic (exact) mass is 313 g/mol. The summed E-state index contributed by atoms with van der Waals surface area (Å²) in [5.41, 5.74) is 1.77. The van der Waals surface area contributed by atoms with Crippen LogP contribution in [0.25, 0.3) is 6.08 Å². The Kier molecular flexibility index (Phi) is 7.37. The number of benzene rings is 1. The molecule has 0 bridgehead atoms. The average molecular weight is 314 g/mol. The summed E-state index contributed by atoms with van der Waals surface area (Å²) >= 11 is 11.7. The molecule has 1 amide bonds. The smallest absolute Gasteiger partial charge is 0.244 e. The Balaban J connectivity index is 2.32. The Morgan fingerprint density at radius 2 is 2.15 bits per heavy atom. The molecular weight excluding hydrogens is 297 g/mol. The van der Waals surface area contributed by atoms with Crippen LogP contribution < -0.4 is 5.32 Å². The minimum Gasteiger partial charge on any atom is -0.375 e. The molecule has 0 radical (unpaired) electrons. The van der Waals surface area contributed by atoms with Gasteiger partial charge in [0.1, 0.15) is 0 Å². The lowest BCUT2D eigenvalue weighted by atomic mass is 10.2. The largest absolute Gasteiger partial charge is 0.375 e. The van der Waals surface area contributed by atoms with Crippen LogP contribution in [0.2, 0.25) is 10.0 Å². The Bertz CT molecular complexity index is 513. The Labute approximate surface area is 129 Å². The van der Waals surface area contributed by atoms with Crippen LogP contribution in [-0.4, -0.2) is 25.7 Å². The average Bonchev–Trinajstić information content (AvgIpc) is 2.39. The van der Waals surface area contributed by atoms with Gasteiger partial charge in [-0.1, -0.05) is 41.4 Å². The highest BCUT2D eigenvalue weighted by molar-refractivity contribution is 6.42. The van der Waals surface area contributed by atoms with Crippen LogP contribution in [0.4, 0.5) is 0 Å². The first-order valence-electron chi connectivity index (χ1n) is 6.12. The molecule has 0 heterocycles. The molecule has 0 saturated heterocycles. The van der Waals surface area contributed by atoms with Crippen molar-refractivity contribution in [2.24, 2.45) is 0 Å².